The predicted octanol–water partition coefficient (Wildman–Crippen LogP) is 2.30. The first-order valence-corrected chi connectivity index (χ1v) is 5.22. The zero-order valence-electron chi connectivity index (χ0n) is 8.49. The molecule has 1 N–H and O–H groups in total. The molecule has 1 fully saturated rings. The summed E-state index contributed by atoms with van der Waals surface area (Å²) in [5.41, 5.74) is 0. The van der Waals surface area contributed by atoms with E-state index in [1.165, 1.54) is 12.8 Å². The molecule has 0 spiro atoms. The molecular weight excluding hydrogens is 176 g/mol. The molecule has 1 aliphatic carbocycles. The molecule has 14 heavy (non-hydrogen) atoms. The summed E-state index contributed by atoms with van der Waals surface area (Å²) < 4.78 is 5.46. The van der Waals surface area contributed by atoms with Crippen molar-refractivity contribution in [3.05, 3.63) is 18.3 Å². The molecule has 2 rings (SSSR count). The summed E-state index contributed by atoms with van der Waals surface area (Å²) in [4.78, 5) is 4.26. The number of hydrogen-bond donors (Lipinski definition) is 1. The Morgan fingerprint density at radius 2 is 2.43 bits per heavy atom. The fraction of sp³-hybridized carbons (Fsp3) is 0.545. The van der Waals surface area contributed by atoms with Crippen LogP contribution in [-0.2, 0) is 0 Å². The van der Waals surface area contributed by atoms with Crippen molar-refractivity contribution < 1.29 is 4.74 Å². The fourth-order valence-corrected chi connectivity index (χ4v) is 1.36. The summed E-state index contributed by atoms with van der Waals surface area (Å²) in [6.45, 7) is 3.69. The lowest BCUT2D eigenvalue weighted by Gasteiger charge is -2.10. The van der Waals surface area contributed by atoms with Crippen molar-refractivity contribution in [1.82, 2.24) is 4.98 Å². The number of aromatic nitrogens is 1. The minimum absolute atomic E-state index is 0.684. The summed E-state index contributed by atoms with van der Waals surface area (Å²) >= 11 is 0. The first kappa shape index (κ1) is 9.31. The number of pyridine rings is 1. The largest absolute Gasteiger partial charge is 0.490 e. The molecular formula is C11H16N2O. The number of anilines is 1. The summed E-state index contributed by atoms with van der Waals surface area (Å²) in [5.74, 6) is 2.59. The molecule has 0 aliphatic heterocycles. The maximum absolute atomic E-state index is 5.46. The average Bonchev–Trinajstić information content (AvgIpc) is 3.01. The van der Waals surface area contributed by atoms with E-state index < -0.39 is 0 Å². The maximum atomic E-state index is 5.46. The van der Waals surface area contributed by atoms with Gasteiger partial charge in [-0.1, -0.05) is 0 Å². The minimum Gasteiger partial charge on any atom is -0.490 e. The van der Waals surface area contributed by atoms with E-state index in [2.05, 4.69) is 10.3 Å². The third-order valence-electron chi connectivity index (χ3n) is 2.33. The van der Waals surface area contributed by atoms with Crippen LogP contribution in [0.15, 0.2) is 18.3 Å². The predicted molar refractivity (Wildman–Crippen MR) is 56.6 cm³/mol. The second-order valence-corrected chi connectivity index (χ2v) is 3.61. The van der Waals surface area contributed by atoms with Crippen LogP contribution in [-0.4, -0.2) is 18.1 Å². The van der Waals surface area contributed by atoms with Gasteiger partial charge in [0.15, 0.2) is 11.6 Å². The van der Waals surface area contributed by atoms with Gasteiger partial charge in [0, 0.05) is 12.7 Å². The fourth-order valence-electron chi connectivity index (χ4n) is 1.36. The SMILES string of the molecule is CCOc1cccnc1NCC1CC1. The molecule has 76 valence electrons. The zero-order chi connectivity index (χ0) is 9.80. The van der Waals surface area contributed by atoms with Gasteiger partial charge in [-0.25, -0.2) is 4.98 Å². The third-order valence-corrected chi connectivity index (χ3v) is 2.33. The van der Waals surface area contributed by atoms with E-state index in [9.17, 15) is 0 Å². The van der Waals surface area contributed by atoms with E-state index >= 15 is 0 Å². The Balaban J connectivity index is 1.97. The van der Waals surface area contributed by atoms with Gasteiger partial charge >= 0.3 is 0 Å². The Hall–Kier alpha value is -1.25. The van der Waals surface area contributed by atoms with E-state index in [0.717, 1.165) is 24.0 Å². The monoisotopic (exact) mass is 192 g/mol. The highest BCUT2D eigenvalue weighted by Crippen LogP contribution is 2.30. The Kier molecular flexibility index (Phi) is 2.87. The van der Waals surface area contributed by atoms with Gasteiger partial charge < -0.3 is 10.1 Å². The van der Waals surface area contributed by atoms with Crippen LogP contribution in [0.1, 0.15) is 19.8 Å². The molecule has 0 aromatic carbocycles. The lowest BCUT2D eigenvalue weighted by Crippen LogP contribution is -2.07. The van der Waals surface area contributed by atoms with Crippen LogP contribution in [0.2, 0.25) is 0 Å². The number of hydrogen-bond acceptors (Lipinski definition) is 3. The molecule has 1 aromatic rings. The molecule has 0 unspecified atom stereocenters. The molecule has 3 heteroatoms. The van der Waals surface area contributed by atoms with Gasteiger partial charge in [0.05, 0.1) is 6.61 Å². The van der Waals surface area contributed by atoms with Crippen molar-refractivity contribution in [3.63, 3.8) is 0 Å². The molecule has 1 saturated carbocycles. The molecule has 3 nitrogen and oxygen atoms in total. The quantitative estimate of drug-likeness (QED) is 0.777. The molecule has 1 heterocycles. The number of nitrogens with one attached hydrogen (secondary N) is 1. The van der Waals surface area contributed by atoms with Crippen molar-refractivity contribution in [2.75, 3.05) is 18.5 Å². The maximum Gasteiger partial charge on any atom is 0.168 e. The molecule has 0 saturated heterocycles. The second kappa shape index (κ2) is 4.31. The number of rotatable bonds is 5. The standard InChI is InChI=1S/C11H16N2O/c1-2-14-10-4-3-7-12-11(10)13-8-9-5-6-9/h3-4,7,9H,2,5-6,8H2,1H3,(H,12,13). The van der Waals surface area contributed by atoms with E-state index in [-0.39, 0.29) is 0 Å². The van der Waals surface area contributed by atoms with Gasteiger partial charge in [-0.05, 0) is 37.8 Å². The van der Waals surface area contributed by atoms with Crippen molar-refractivity contribution in [1.29, 1.82) is 0 Å². The second-order valence-electron chi connectivity index (χ2n) is 3.61. The summed E-state index contributed by atoms with van der Waals surface area (Å²) in [5, 5.41) is 3.32. The third kappa shape index (κ3) is 2.37. The average molecular weight is 192 g/mol. The zero-order valence-corrected chi connectivity index (χ0v) is 8.49. The Bertz CT molecular complexity index is 297. The Labute approximate surface area is 84.5 Å². The van der Waals surface area contributed by atoms with Crippen molar-refractivity contribution in [2.24, 2.45) is 5.92 Å². The van der Waals surface area contributed by atoms with Crippen LogP contribution in [0.3, 0.4) is 0 Å². The minimum atomic E-state index is 0.684. The van der Waals surface area contributed by atoms with Crippen LogP contribution in [0.4, 0.5) is 5.82 Å². The van der Waals surface area contributed by atoms with Gasteiger partial charge in [-0.15, -0.1) is 0 Å². The van der Waals surface area contributed by atoms with E-state index in [1.807, 2.05) is 19.1 Å². The highest BCUT2D eigenvalue weighted by Gasteiger charge is 2.21. The van der Waals surface area contributed by atoms with Gasteiger partial charge in [0.2, 0.25) is 0 Å². The van der Waals surface area contributed by atoms with Gasteiger partial charge in [-0.2, -0.15) is 0 Å². The molecule has 0 amide bonds. The molecule has 1 aliphatic rings. The van der Waals surface area contributed by atoms with Crippen LogP contribution >= 0.6 is 0 Å². The molecule has 0 radical (unpaired) electrons. The van der Waals surface area contributed by atoms with Crippen molar-refractivity contribution >= 4 is 5.82 Å². The summed E-state index contributed by atoms with van der Waals surface area (Å²) in [6, 6.07) is 3.85. The van der Waals surface area contributed by atoms with Crippen molar-refractivity contribution in [2.45, 2.75) is 19.8 Å². The number of nitrogens with zero attached hydrogens (tertiary/aromatic N) is 1. The summed E-state index contributed by atoms with van der Waals surface area (Å²) in [6.07, 6.45) is 4.49. The highest BCUT2D eigenvalue weighted by molar-refractivity contribution is 5.49. The van der Waals surface area contributed by atoms with E-state index in [1.54, 1.807) is 6.20 Å². The summed E-state index contributed by atoms with van der Waals surface area (Å²) in [7, 11) is 0. The topological polar surface area (TPSA) is 34.1 Å². The highest BCUT2D eigenvalue weighted by atomic mass is 16.5. The van der Waals surface area contributed by atoms with E-state index in [0.29, 0.717) is 6.61 Å². The number of ether oxygens (including phenoxy) is 1. The first-order valence-electron chi connectivity index (χ1n) is 5.22. The van der Waals surface area contributed by atoms with E-state index in [4.69, 9.17) is 4.74 Å². The molecule has 0 atom stereocenters. The van der Waals surface area contributed by atoms with Crippen LogP contribution in [0, 0.1) is 5.92 Å². The van der Waals surface area contributed by atoms with Gasteiger partial charge in [-0.3, -0.25) is 0 Å². The van der Waals surface area contributed by atoms with Crippen LogP contribution in [0.5, 0.6) is 5.75 Å². The van der Waals surface area contributed by atoms with Gasteiger partial charge in [0.1, 0.15) is 0 Å². The van der Waals surface area contributed by atoms with Crippen LogP contribution < -0.4 is 10.1 Å². The molecule has 0 bridgehead atoms. The van der Waals surface area contributed by atoms with Crippen LogP contribution in [0.25, 0.3) is 0 Å². The lowest BCUT2D eigenvalue weighted by atomic mass is 10.4. The first-order chi connectivity index (χ1) is 6.90. The smallest absolute Gasteiger partial charge is 0.168 e. The Morgan fingerprint density at radius 1 is 1.57 bits per heavy atom. The lowest BCUT2D eigenvalue weighted by molar-refractivity contribution is 0.340. The molecule has 1 aromatic heterocycles. The Morgan fingerprint density at radius 3 is 3.14 bits per heavy atom. The van der Waals surface area contributed by atoms with Crippen molar-refractivity contribution in [3.8, 4) is 5.75 Å². The normalized spacial score (nSPS) is 15.2. The van der Waals surface area contributed by atoms with Gasteiger partial charge in [0.25, 0.3) is 0 Å².